The number of hydrogen-bond donors (Lipinski definition) is 2. The van der Waals surface area contributed by atoms with Crippen molar-refractivity contribution in [2.75, 3.05) is 5.73 Å². The molecular weight excluding hydrogens is 244 g/mol. The maximum Gasteiger partial charge on any atom is 0.234 e. The number of carbonyl (C=O) groups excluding carboxylic acids is 2. The Bertz CT molecular complexity index is 689. The number of nitrogen functional groups attached to an aromatic ring is 1. The fraction of sp³-hybridized carbons (Fsp3) is 0.308. The van der Waals surface area contributed by atoms with Crippen LogP contribution < -0.4 is 11.1 Å². The van der Waals surface area contributed by atoms with Crippen molar-refractivity contribution < 1.29 is 9.59 Å². The first-order valence-corrected chi connectivity index (χ1v) is 6.12. The molecule has 2 aromatic rings. The first kappa shape index (κ1) is 11.7. The van der Waals surface area contributed by atoms with Gasteiger partial charge in [-0.05, 0) is 24.1 Å². The number of rotatable bonds is 1. The molecule has 3 N–H and O–H groups in total. The van der Waals surface area contributed by atoms with E-state index in [1.807, 2.05) is 25.2 Å². The monoisotopic (exact) mass is 258 g/mol. The Kier molecular flexibility index (Phi) is 2.51. The van der Waals surface area contributed by atoms with E-state index in [1.165, 1.54) is 0 Å². The Morgan fingerprint density at radius 1 is 1.42 bits per heavy atom. The molecule has 3 rings (SSSR count). The number of anilines is 1. The first-order chi connectivity index (χ1) is 9.06. The van der Waals surface area contributed by atoms with Crippen molar-refractivity contribution in [1.82, 2.24) is 15.1 Å². The van der Waals surface area contributed by atoms with Crippen LogP contribution in [0.15, 0.2) is 18.2 Å². The number of amides is 2. The van der Waals surface area contributed by atoms with Crippen molar-refractivity contribution in [2.45, 2.75) is 18.8 Å². The topological polar surface area (TPSA) is 90.0 Å². The second kappa shape index (κ2) is 4.08. The molecule has 1 aliphatic heterocycles. The van der Waals surface area contributed by atoms with Gasteiger partial charge in [0.15, 0.2) is 5.82 Å². The van der Waals surface area contributed by atoms with Crippen LogP contribution in [0.25, 0.3) is 10.9 Å². The number of aromatic nitrogens is 2. The van der Waals surface area contributed by atoms with Gasteiger partial charge < -0.3 is 5.73 Å². The number of piperidine rings is 1. The molecule has 0 radical (unpaired) electrons. The van der Waals surface area contributed by atoms with Gasteiger partial charge in [0.2, 0.25) is 11.8 Å². The molecule has 2 amide bonds. The molecule has 6 nitrogen and oxygen atoms in total. The lowest BCUT2D eigenvalue weighted by atomic mass is 9.90. The smallest absolute Gasteiger partial charge is 0.234 e. The highest BCUT2D eigenvalue weighted by Gasteiger charge is 2.28. The van der Waals surface area contributed by atoms with Crippen LogP contribution in [0.4, 0.5) is 5.82 Å². The standard InChI is InChI=1S/C13H14N4O2/c1-17-10-4-2-7(6-9(10)12(14)16-17)8-3-5-11(18)15-13(8)19/h2,4,6,8H,3,5H2,1H3,(H2,14,16)(H,15,18,19). The minimum absolute atomic E-state index is 0.205. The van der Waals surface area contributed by atoms with Gasteiger partial charge in [-0.1, -0.05) is 6.07 Å². The third kappa shape index (κ3) is 1.85. The number of hydrogen-bond acceptors (Lipinski definition) is 4. The van der Waals surface area contributed by atoms with Gasteiger partial charge in [-0.2, -0.15) is 5.10 Å². The third-order valence-corrected chi connectivity index (χ3v) is 3.54. The predicted molar refractivity (Wildman–Crippen MR) is 70.3 cm³/mol. The normalized spacial score (nSPS) is 19.7. The van der Waals surface area contributed by atoms with Crippen molar-refractivity contribution >= 4 is 28.5 Å². The van der Waals surface area contributed by atoms with Crippen LogP contribution in [0, 0.1) is 0 Å². The number of aryl methyl sites for hydroxylation is 1. The minimum Gasteiger partial charge on any atom is -0.382 e. The molecule has 0 aliphatic carbocycles. The molecule has 2 heterocycles. The van der Waals surface area contributed by atoms with E-state index in [9.17, 15) is 9.59 Å². The van der Waals surface area contributed by atoms with E-state index in [4.69, 9.17) is 5.73 Å². The summed E-state index contributed by atoms with van der Waals surface area (Å²) in [6.07, 6.45) is 0.910. The van der Waals surface area contributed by atoms with Gasteiger partial charge in [-0.3, -0.25) is 19.6 Å². The molecule has 1 fully saturated rings. The Morgan fingerprint density at radius 2 is 2.21 bits per heavy atom. The Balaban J connectivity index is 2.04. The highest BCUT2D eigenvalue weighted by Crippen LogP contribution is 2.29. The third-order valence-electron chi connectivity index (χ3n) is 3.54. The average molecular weight is 258 g/mol. The number of carbonyl (C=O) groups is 2. The second-order valence-electron chi connectivity index (χ2n) is 4.79. The molecule has 1 unspecified atom stereocenters. The summed E-state index contributed by atoms with van der Waals surface area (Å²) < 4.78 is 1.71. The zero-order chi connectivity index (χ0) is 13.6. The van der Waals surface area contributed by atoms with Crippen molar-refractivity contribution in [3.05, 3.63) is 23.8 Å². The zero-order valence-electron chi connectivity index (χ0n) is 10.5. The molecular formula is C13H14N4O2. The molecule has 0 spiro atoms. The summed E-state index contributed by atoms with van der Waals surface area (Å²) in [7, 11) is 1.82. The van der Waals surface area contributed by atoms with Crippen LogP contribution in [0.5, 0.6) is 0 Å². The van der Waals surface area contributed by atoms with Gasteiger partial charge in [-0.15, -0.1) is 0 Å². The number of nitrogens with two attached hydrogens (primary N) is 1. The minimum atomic E-state index is -0.290. The molecule has 98 valence electrons. The molecule has 1 aliphatic rings. The highest BCUT2D eigenvalue weighted by molar-refractivity contribution is 6.01. The molecule has 0 bridgehead atoms. The van der Waals surface area contributed by atoms with Crippen LogP contribution in [-0.4, -0.2) is 21.6 Å². The van der Waals surface area contributed by atoms with E-state index in [0.29, 0.717) is 18.7 Å². The predicted octanol–water partition coefficient (Wildman–Crippen LogP) is 0.676. The molecule has 19 heavy (non-hydrogen) atoms. The fourth-order valence-corrected chi connectivity index (χ4v) is 2.54. The first-order valence-electron chi connectivity index (χ1n) is 6.12. The maximum atomic E-state index is 11.8. The van der Waals surface area contributed by atoms with Gasteiger partial charge in [0.25, 0.3) is 0 Å². The quantitative estimate of drug-likeness (QED) is 0.736. The van der Waals surface area contributed by atoms with Crippen LogP contribution in [0.3, 0.4) is 0 Å². The summed E-state index contributed by atoms with van der Waals surface area (Å²) in [6.45, 7) is 0. The number of fused-ring (bicyclic) bond motifs is 1. The Labute approximate surface area is 109 Å². The Morgan fingerprint density at radius 3 is 2.95 bits per heavy atom. The molecule has 1 aromatic carbocycles. The summed E-state index contributed by atoms with van der Waals surface area (Å²) in [6, 6.07) is 5.68. The number of benzene rings is 1. The van der Waals surface area contributed by atoms with Crippen LogP contribution >= 0.6 is 0 Å². The summed E-state index contributed by atoms with van der Waals surface area (Å²) in [5, 5.41) is 7.35. The van der Waals surface area contributed by atoms with E-state index in [0.717, 1.165) is 16.5 Å². The highest BCUT2D eigenvalue weighted by atomic mass is 16.2. The van der Waals surface area contributed by atoms with Crippen molar-refractivity contribution in [2.24, 2.45) is 7.05 Å². The molecule has 1 aromatic heterocycles. The van der Waals surface area contributed by atoms with Crippen LogP contribution in [0.2, 0.25) is 0 Å². The Hall–Kier alpha value is -2.37. The van der Waals surface area contributed by atoms with Gasteiger partial charge >= 0.3 is 0 Å². The molecule has 1 atom stereocenters. The number of imide groups is 1. The lowest BCUT2D eigenvalue weighted by Crippen LogP contribution is -2.39. The summed E-state index contributed by atoms with van der Waals surface area (Å²) >= 11 is 0. The molecule has 1 saturated heterocycles. The summed E-state index contributed by atoms with van der Waals surface area (Å²) in [5.41, 5.74) is 7.64. The van der Waals surface area contributed by atoms with E-state index in [-0.39, 0.29) is 17.7 Å². The summed E-state index contributed by atoms with van der Waals surface area (Å²) in [5.74, 6) is -0.283. The number of nitrogens with one attached hydrogen (secondary N) is 1. The zero-order valence-corrected chi connectivity index (χ0v) is 10.5. The SMILES string of the molecule is Cn1nc(N)c2cc(C3CCC(=O)NC3=O)ccc21. The van der Waals surface area contributed by atoms with Gasteiger partial charge in [0.1, 0.15) is 0 Å². The van der Waals surface area contributed by atoms with E-state index < -0.39 is 0 Å². The second-order valence-corrected chi connectivity index (χ2v) is 4.79. The van der Waals surface area contributed by atoms with Crippen LogP contribution in [0.1, 0.15) is 24.3 Å². The average Bonchev–Trinajstić information content (AvgIpc) is 2.65. The van der Waals surface area contributed by atoms with Gasteiger partial charge in [0, 0.05) is 18.9 Å². The van der Waals surface area contributed by atoms with Crippen molar-refractivity contribution in [3.63, 3.8) is 0 Å². The van der Waals surface area contributed by atoms with Gasteiger partial charge in [-0.25, -0.2) is 0 Å². The van der Waals surface area contributed by atoms with Gasteiger partial charge in [0.05, 0.1) is 11.4 Å². The fourth-order valence-electron chi connectivity index (χ4n) is 2.54. The van der Waals surface area contributed by atoms with E-state index in [2.05, 4.69) is 10.4 Å². The van der Waals surface area contributed by atoms with Crippen molar-refractivity contribution in [3.8, 4) is 0 Å². The molecule has 0 saturated carbocycles. The van der Waals surface area contributed by atoms with E-state index in [1.54, 1.807) is 4.68 Å². The van der Waals surface area contributed by atoms with Crippen molar-refractivity contribution in [1.29, 1.82) is 0 Å². The lowest BCUT2D eigenvalue weighted by molar-refractivity contribution is -0.134. The van der Waals surface area contributed by atoms with E-state index >= 15 is 0 Å². The van der Waals surface area contributed by atoms with Crippen LogP contribution in [-0.2, 0) is 16.6 Å². The number of nitrogens with zero attached hydrogens (tertiary/aromatic N) is 2. The maximum absolute atomic E-state index is 11.8. The molecule has 6 heteroatoms. The largest absolute Gasteiger partial charge is 0.382 e. The lowest BCUT2D eigenvalue weighted by Gasteiger charge is -2.21. The summed E-state index contributed by atoms with van der Waals surface area (Å²) in [4.78, 5) is 23.0.